The van der Waals surface area contributed by atoms with Gasteiger partial charge in [0.2, 0.25) is 5.91 Å². The second-order valence-corrected chi connectivity index (χ2v) is 7.17. The van der Waals surface area contributed by atoms with Crippen LogP contribution in [-0.2, 0) is 22.5 Å². The van der Waals surface area contributed by atoms with Gasteiger partial charge < -0.3 is 15.4 Å². The van der Waals surface area contributed by atoms with Crippen molar-refractivity contribution in [3.05, 3.63) is 56.5 Å². The van der Waals surface area contributed by atoms with Gasteiger partial charge in [-0.15, -0.1) is 0 Å². The number of rotatable bonds is 9. The molecule has 3 N–H and O–H groups in total. The summed E-state index contributed by atoms with van der Waals surface area (Å²) in [7, 11) is 1.47. The number of amides is 1. The molecule has 0 aliphatic heterocycles. The Labute approximate surface area is 168 Å². The van der Waals surface area contributed by atoms with Crippen LogP contribution >= 0.6 is 0 Å². The Balaban J connectivity index is 2.37. The number of benzene rings is 1. The maximum absolute atomic E-state index is 13.4. The van der Waals surface area contributed by atoms with Crippen molar-refractivity contribution in [2.75, 3.05) is 30.9 Å². The smallest absolute Gasteiger partial charge is 0.330 e. The predicted octanol–water partition coefficient (Wildman–Crippen LogP) is 1.53. The van der Waals surface area contributed by atoms with E-state index in [-0.39, 0.29) is 48.7 Å². The highest BCUT2D eigenvalue weighted by molar-refractivity contribution is 5.95. The van der Waals surface area contributed by atoms with Gasteiger partial charge in [0.25, 0.3) is 5.56 Å². The number of carbonyl (C=O) groups is 1. The van der Waals surface area contributed by atoms with Crippen molar-refractivity contribution in [1.29, 1.82) is 0 Å². The van der Waals surface area contributed by atoms with Crippen molar-refractivity contribution < 1.29 is 13.9 Å². The van der Waals surface area contributed by atoms with Gasteiger partial charge in [-0.2, -0.15) is 0 Å². The van der Waals surface area contributed by atoms with Gasteiger partial charge in [0.05, 0.1) is 6.61 Å². The molecule has 0 unspecified atom stereocenters. The number of hydrogen-bond acceptors (Lipinski definition) is 5. The van der Waals surface area contributed by atoms with Gasteiger partial charge in [-0.05, 0) is 30.0 Å². The number of aromatic nitrogens is 2. The second kappa shape index (κ2) is 10.0. The summed E-state index contributed by atoms with van der Waals surface area (Å²) in [5, 5.41) is 0. The number of halogens is 1. The molecule has 8 nitrogen and oxygen atoms in total. The molecule has 0 fully saturated rings. The minimum Gasteiger partial charge on any atom is -0.383 e. The third-order valence-corrected chi connectivity index (χ3v) is 4.37. The Bertz CT molecular complexity index is 968. The molecule has 0 radical (unpaired) electrons. The molecule has 1 aromatic heterocycles. The van der Waals surface area contributed by atoms with Crippen LogP contribution < -0.4 is 21.9 Å². The Morgan fingerprint density at radius 3 is 2.69 bits per heavy atom. The van der Waals surface area contributed by atoms with E-state index in [1.807, 2.05) is 13.8 Å². The van der Waals surface area contributed by atoms with Crippen LogP contribution in [0.15, 0.2) is 33.9 Å². The summed E-state index contributed by atoms with van der Waals surface area (Å²) in [6.45, 7) is 4.37. The topological polar surface area (TPSA) is 110 Å². The first-order valence-corrected chi connectivity index (χ1v) is 9.41. The SMILES string of the molecule is COCCN(C(=O)CCc1cccc(F)c1)c1c(N)n(CC(C)C)c(=O)[nH]c1=O. The first-order valence-electron chi connectivity index (χ1n) is 9.41. The molecule has 0 saturated heterocycles. The lowest BCUT2D eigenvalue weighted by Crippen LogP contribution is -2.43. The summed E-state index contributed by atoms with van der Waals surface area (Å²) in [6.07, 6.45) is 0.332. The van der Waals surface area contributed by atoms with Gasteiger partial charge in [-0.3, -0.25) is 19.1 Å². The quantitative estimate of drug-likeness (QED) is 0.656. The van der Waals surface area contributed by atoms with Crippen molar-refractivity contribution in [3.8, 4) is 0 Å². The lowest BCUT2D eigenvalue weighted by atomic mass is 10.1. The van der Waals surface area contributed by atoms with Crippen molar-refractivity contribution in [2.45, 2.75) is 33.2 Å². The van der Waals surface area contributed by atoms with Crippen molar-refractivity contribution >= 4 is 17.4 Å². The number of anilines is 2. The third-order valence-electron chi connectivity index (χ3n) is 4.37. The fourth-order valence-electron chi connectivity index (χ4n) is 3.01. The number of carbonyl (C=O) groups excluding carboxylic acids is 1. The van der Waals surface area contributed by atoms with Crippen LogP contribution in [0, 0.1) is 11.7 Å². The summed E-state index contributed by atoms with van der Waals surface area (Å²) >= 11 is 0. The summed E-state index contributed by atoms with van der Waals surface area (Å²) in [5.41, 5.74) is 5.36. The van der Waals surface area contributed by atoms with Crippen LogP contribution in [0.4, 0.5) is 15.9 Å². The van der Waals surface area contributed by atoms with Gasteiger partial charge in [-0.1, -0.05) is 26.0 Å². The molecule has 0 bridgehead atoms. The molecule has 0 atom stereocenters. The first-order chi connectivity index (χ1) is 13.7. The lowest BCUT2D eigenvalue weighted by molar-refractivity contribution is -0.118. The van der Waals surface area contributed by atoms with Crippen LogP contribution in [0.25, 0.3) is 0 Å². The number of H-pyrrole nitrogens is 1. The normalized spacial score (nSPS) is 11.1. The number of methoxy groups -OCH3 is 1. The van der Waals surface area contributed by atoms with Crippen LogP contribution in [-0.4, -0.2) is 35.7 Å². The molecule has 158 valence electrons. The molecule has 1 heterocycles. The van der Waals surface area contributed by atoms with Gasteiger partial charge in [0, 0.05) is 26.6 Å². The highest BCUT2D eigenvalue weighted by atomic mass is 19.1. The van der Waals surface area contributed by atoms with E-state index in [1.54, 1.807) is 12.1 Å². The number of nitrogens with two attached hydrogens (primary N) is 1. The average Bonchev–Trinajstić information content (AvgIpc) is 2.65. The second-order valence-electron chi connectivity index (χ2n) is 7.17. The monoisotopic (exact) mass is 406 g/mol. The Hall–Kier alpha value is -2.94. The van der Waals surface area contributed by atoms with Gasteiger partial charge >= 0.3 is 5.69 Å². The van der Waals surface area contributed by atoms with E-state index in [0.29, 0.717) is 18.5 Å². The first kappa shape index (κ1) is 22.4. The Morgan fingerprint density at radius 2 is 2.07 bits per heavy atom. The molecule has 1 amide bonds. The molecule has 2 aromatic rings. The number of ether oxygens (including phenoxy) is 1. The Morgan fingerprint density at radius 1 is 1.34 bits per heavy atom. The van der Waals surface area contributed by atoms with E-state index in [1.165, 1.54) is 28.7 Å². The fraction of sp³-hybridized carbons (Fsp3) is 0.450. The molecular formula is C20H27FN4O4. The van der Waals surface area contributed by atoms with Crippen LogP contribution in [0.5, 0.6) is 0 Å². The van der Waals surface area contributed by atoms with Crippen molar-refractivity contribution in [2.24, 2.45) is 5.92 Å². The Kier molecular flexibility index (Phi) is 7.72. The van der Waals surface area contributed by atoms with E-state index in [4.69, 9.17) is 10.5 Å². The number of aryl methyl sites for hydroxylation is 1. The van der Waals surface area contributed by atoms with Crippen LogP contribution in [0.2, 0.25) is 0 Å². The number of nitrogens with one attached hydrogen (secondary N) is 1. The highest BCUT2D eigenvalue weighted by Crippen LogP contribution is 2.19. The maximum atomic E-state index is 13.4. The zero-order valence-corrected chi connectivity index (χ0v) is 16.9. The zero-order chi connectivity index (χ0) is 21.6. The average molecular weight is 406 g/mol. The molecule has 1 aromatic carbocycles. The van der Waals surface area contributed by atoms with Gasteiger partial charge in [-0.25, -0.2) is 9.18 Å². The standard InChI is InChI=1S/C20H27FN4O4/c1-13(2)12-25-18(22)17(19(27)23-20(25)28)24(9-10-29-3)16(26)8-7-14-5-4-6-15(21)11-14/h4-6,11,13H,7-10,12,22H2,1-3H3,(H,23,27,28). The van der Waals surface area contributed by atoms with Crippen molar-refractivity contribution in [1.82, 2.24) is 9.55 Å². The molecule has 9 heteroatoms. The number of nitrogens with zero attached hydrogens (tertiary/aromatic N) is 2. The van der Waals surface area contributed by atoms with Crippen LogP contribution in [0.1, 0.15) is 25.8 Å². The molecule has 29 heavy (non-hydrogen) atoms. The number of aromatic amines is 1. The van der Waals surface area contributed by atoms with Gasteiger partial charge in [0.1, 0.15) is 11.6 Å². The molecule has 0 spiro atoms. The van der Waals surface area contributed by atoms with Gasteiger partial charge in [0.15, 0.2) is 5.69 Å². The lowest BCUT2D eigenvalue weighted by Gasteiger charge is -2.24. The third kappa shape index (κ3) is 5.77. The molecule has 2 rings (SSSR count). The molecule has 0 aliphatic carbocycles. The van der Waals surface area contributed by atoms with E-state index < -0.39 is 11.2 Å². The maximum Gasteiger partial charge on any atom is 0.330 e. The largest absolute Gasteiger partial charge is 0.383 e. The minimum atomic E-state index is -0.734. The fourth-order valence-corrected chi connectivity index (χ4v) is 3.01. The highest BCUT2D eigenvalue weighted by Gasteiger charge is 2.24. The van der Waals surface area contributed by atoms with Crippen LogP contribution in [0.3, 0.4) is 0 Å². The summed E-state index contributed by atoms with van der Waals surface area (Å²) in [4.78, 5) is 41.0. The molecule has 0 aliphatic rings. The summed E-state index contributed by atoms with van der Waals surface area (Å²) in [6, 6.07) is 5.98. The predicted molar refractivity (Wildman–Crippen MR) is 110 cm³/mol. The number of hydrogen-bond donors (Lipinski definition) is 2. The summed E-state index contributed by atoms with van der Waals surface area (Å²) in [5.74, 6) is -0.724. The van der Waals surface area contributed by atoms with E-state index in [2.05, 4.69) is 4.98 Å². The van der Waals surface area contributed by atoms with E-state index >= 15 is 0 Å². The molecular weight excluding hydrogens is 379 g/mol. The number of nitrogen functional groups attached to an aromatic ring is 1. The van der Waals surface area contributed by atoms with E-state index in [0.717, 1.165) is 0 Å². The zero-order valence-electron chi connectivity index (χ0n) is 16.9. The minimum absolute atomic E-state index is 0.0371. The summed E-state index contributed by atoms with van der Waals surface area (Å²) < 4.78 is 19.7. The van der Waals surface area contributed by atoms with E-state index in [9.17, 15) is 18.8 Å². The van der Waals surface area contributed by atoms with Crippen molar-refractivity contribution in [3.63, 3.8) is 0 Å². The molecule has 0 saturated carbocycles.